The van der Waals surface area contributed by atoms with Crippen molar-refractivity contribution in [2.45, 2.75) is 39.8 Å². The van der Waals surface area contributed by atoms with Crippen LogP contribution in [-0.2, 0) is 9.53 Å². The van der Waals surface area contributed by atoms with Gasteiger partial charge in [0.1, 0.15) is 17.3 Å². The first-order valence-electron chi connectivity index (χ1n) is 15.1. The summed E-state index contributed by atoms with van der Waals surface area (Å²) in [5, 5.41) is 2.96. The zero-order chi connectivity index (χ0) is 33.2. The topological polar surface area (TPSA) is 112 Å². The van der Waals surface area contributed by atoms with Crippen molar-refractivity contribution < 1.29 is 23.5 Å². The van der Waals surface area contributed by atoms with E-state index in [-0.39, 0.29) is 23.5 Å². The molecule has 9 nitrogen and oxygen atoms in total. The molecule has 5 aromatic rings. The summed E-state index contributed by atoms with van der Waals surface area (Å²) in [7, 11) is 1.57. The molecule has 0 saturated carbocycles. The van der Waals surface area contributed by atoms with Crippen LogP contribution in [0.3, 0.4) is 0 Å². The number of ether oxygens (including phenoxy) is 2. The van der Waals surface area contributed by atoms with Gasteiger partial charge in [-0.05, 0) is 87.4 Å². The molecule has 3 aromatic carbocycles. The van der Waals surface area contributed by atoms with Crippen LogP contribution < -0.4 is 24.9 Å². The highest BCUT2D eigenvalue weighted by Gasteiger charge is 2.33. The van der Waals surface area contributed by atoms with E-state index in [4.69, 9.17) is 18.9 Å². The molecule has 0 spiro atoms. The van der Waals surface area contributed by atoms with Crippen molar-refractivity contribution in [2.24, 2.45) is 4.99 Å². The summed E-state index contributed by atoms with van der Waals surface area (Å²) in [5.41, 5.74) is 4.03. The zero-order valence-corrected chi connectivity index (χ0v) is 27.4. The number of thiazole rings is 1. The van der Waals surface area contributed by atoms with Crippen LogP contribution in [0.4, 0.5) is 5.69 Å². The summed E-state index contributed by atoms with van der Waals surface area (Å²) in [6, 6.07) is 24.7. The monoisotopic (exact) mass is 647 g/mol. The zero-order valence-electron chi connectivity index (χ0n) is 26.6. The molecule has 1 aliphatic rings. The number of methoxy groups -OCH3 is 1. The Balaban J connectivity index is 1.39. The molecule has 0 saturated heterocycles. The van der Waals surface area contributed by atoms with Crippen LogP contribution in [0, 0.1) is 6.92 Å². The van der Waals surface area contributed by atoms with Gasteiger partial charge in [-0.1, -0.05) is 47.7 Å². The van der Waals surface area contributed by atoms with Crippen molar-refractivity contribution in [3.8, 4) is 17.1 Å². The molecule has 0 radical (unpaired) electrons. The van der Waals surface area contributed by atoms with E-state index in [0.29, 0.717) is 54.7 Å². The van der Waals surface area contributed by atoms with Crippen LogP contribution in [0.25, 0.3) is 17.4 Å². The maximum Gasteiger partial charge on any atom is 0.338 e. The van der Waals surface area contributed by atoms with Gasteiger partial charge in [0.15, 0.2) is 4.80 Å². The lowest BCUT2D eigenvalue weighted by Gasteiger charge is -2.25. The Morgan fingerprint density at radius 2 is 1.79 bits per heavy atom. The van der Waals surface area contributed by atoms with E-state index >= 15 is 0 Å². The molecule has 1 N–H and O–H groups in total. The number of furan rings is 1. The molecule has 1 atom stereocenters. The Hall–Kier alpha value is -5.48. The Bertz CT molecular complexity index is 2210. The number of nitrogens with one attached hydrogen (secondary N) is 1. The number of fused-ring (bicyclic) bond motifs is 1. The van der Waals surface area contributed by atoms with Gasteiger partial charge in [0.05, 0.1) is 40.6 Å². The first kappa shape index (κ1) is 31.5. The number of carbonyl (C=O) groups excluding carboxylic acids is 2. The second-order valence-corrected chi connectivity index (χ2v) is 12.4. The number of amides is 1. The van der Waals surface area contributed by atoms with Gasteiger partial charge in [0.2, 0.25) is 0 Å². The number of aryl methyl sites for hydroxylation is 1. The predicted molar refractivity (Wildman–Crippen MR) is 181 cm³/mol. The fourth-order valence-electron chi connectivity index (χ4n) is 5.51. The molecule has 10 heteroatoms. The van der Waals surface area contributed by atoms with E-state index < -0.39 is 6.04 Å². The molecule has 3 heterocycles. The van der Waals surface area contributed by atoms with E-state index in [1.807, 2.05) is 75.4 Å². The predicted octanol–water partition coefficient (Wildman–Crippen LogP) is 6.02. The summed E-state index contributed by atoms with van der Waals surface area (Å²) in [6.45, 7) is 7.29. The molecule has 1 amide bonds. The van der Waals surface area contributed by atoms with E-state index in [0.717, 1.165) is 11.1 Å². The van der Waals surface area contributed by atoms with E-state index in [1.54, 1.807) is 55.0 Å². The third kappa shape index (κ3) is 6.45. The molecular weight excluding hydrogens is 614 g/mol. The number of anilines is 1. The molecule has 0 unspecified atom stereocenters. The lowest BCUT2D eigenvalue weighted by Crippen LogP contribution is -2.40. The largest absolute Gasteiger partial charge is 0.497 e. The van der Waals surface area contributed by atoms with Crippen molar-refractivity contribution in [3.63, 3.8) is 0 Å². The second kappa shape index (κ2) is 13.1. The molecule has 1 aliphatic heterocycles. The molecular formula is C37H33N3O6S. The van der Waals surface area contributed by atoms with Gasteiger partial charge in [-0.25, -0.2) is 9.79 Å². The Kier molecular flexibility index (Phi) is 8.78. The van der Waals surface area contributed by atoms with Crippen molar-refractivity contribution in [1.82, 2.24) is 4.57 Å². The van der Waals surface area contributed by atoms with Crippen molar-refractivity contribution in [3.05, 3.63) is 138 Å². The van der Waals surface area contributed by atoms with Crippen LogP contribution in [-0.4, -0.2) is 29.7 Å². The molecule has 0 aliphatic carbocycles. The highest BCUT2D eigenvalue weighted by Crippen LogP contribution is 2.33. The summed E-state index contributed by atoms with van der Waals surface area (Å²) in [6.07, 6.45) is 1.47. The average Bonchev–Trinajstić information content (AvgIpc) is 3.64. The number of benzene rings is 3. The van der Waals surface area contributed by atoms with Crippen LogP contribution >= 0.6 is 11.3 Å². The van der Waals surface area contributed by atoms with Crippen LogP contribution in [0.1, 0.15) is 54.1 Å². The van der Waals surface area contributed by atoms with Crippen LogP contribution in [0.5, 0.6) is 5.75 Å². The number of nitrogens with zero attached hydrogens (tertiary/aromatic N) is 2. The maximum atomic E-state index is 14.1. The minimum atomic E-state index is -0.747. The van der Waals surface area contributed by atoms with E-state index in [9.17, 15) is 14.4 Å². The highest BCUT2D eigenvalue weighted by molar-refractivity contribution is 7.07. The van der Waals surface area contributed by atoms with Crippen molar-refractivity contribution in [2.75, 3.05) is 12.4 Å². The first-order chi connectivity index (χ1) is 22.6. The number of para-hydroxylation sites is 1. The maximum absolute atomic E-state index is 14.1. The van der Waals surface area contributed by atoms with E-state index in [2.05, 4.69) is 5.32 Å². The van der Waals surface area contributed by atoms with E-state index in [1.165, 1.54) is 11.3 Å². The first-order valence-corrected chi connectivity index (χ1v) is 15.9. The third-order valence-corrected chi connectivity index (χ3v) is 8.66. The number of aromatic nitrogens is 1. The molecule has 6 rings (SSSR count). The van der Waals surface area contributed by atoms with Crippen molar-refractivity contribution >= 4 is 35.0 Å². The van der Waals surface area contributed by atoms with Gasteiger partial charge >= 0.3 is 5.97 Å². The number of rotatable bonds is 8. The molecule has 0 bridgehead atoms. The van der Waals surface area contributed by atoms with Gasteiger partial charge < -0.3 is 19.2 Å². The van der Waals surface area contributed by atoms with Gasteiger partial charge in [0, 0.05) is 17.3 Å². The lowest BCUT2D eigenvalue weighted by molar-refractivity contribution is -0.113. The summed E-state index contributed by atoms with van der Waals surface area (Å²) >= 11 is 1.22. The van der Waals surface area contributed by atoms with Gasteiger partial charge in [-0.15, -0.1) is 0 Å². The minimum Gasteiger partial charge on any atom is -0.497 e. The summed E-state index contributed by atoms with van der Waals surface area (Å²) < 4.78 is 18.9. The van der Waals surface area contributed by atoms with Crippen LogP contribution in [0.15, 0.2) is 110 Å². The molecule has 0 fully saturated rings. The normalized spacial score (nSPS) is 14.5. The van der Waals surface area contributed by atoms with Crippen LogP contribution in [0.2, 0.25) is 0 Å². The highest BCUT2D eigenvalue weighted by atomic mass is 32.1. The quantitative estimate of drug-likeness (QED) is 0.206. The third-order valence-electron chi connectivity index (χ3n) is 7.68. The minimum absolute atomic E-state index is 0.214. The average molecular weight is 648 g/mol. The molecule has 47 heavy (non-hydrogen) atoms. The van der Waals surface area contributed by atoms with Crippen molar-refractivity contribution in [1.29, 1.82) is 0 Å². The number of carbonyl (C=O) groups is 2. The standard InChI is InChI=1S/C37H33N3O6S/c1-21(2)45-36(43)25-14-16-29(22(3)18-25)30-17-15-28(46-30)20-31-35(42)40-33(24-10-9-13-27(19-24)44-5)32(23(4)38-37(40)47-31)34(41)39-26-11-7-6-8-12-26/h6-21,33H,1-5H3,(H,39,41)/b31-20+/t33-/m1/s1. The Labute approximate surface area is 275 Å². The second-order valence-electron chi connectivity index (χ2n) is 11.4. The number of hydrogen-bond acceptors (Lipinski definition) is 8. The SMILES string of the molecule is COc1cccc([C@@H]2C(C(=O)Nc3ccccc3)=C(C)N=c3s/c(=C/c4ccc(-c5ccc(C(=O)OC(C)C)cc5C)o4)c(=O)n32)c1. The number of allylic oxidation sites excluding steroid dienone is 1. The fourth-order valence-corrected chi connectivity index (χ4v) is 6.54. The number of esters is 1. The van der Waals surface area contributed by atoms with Gasteiger partial charge in [-0.2, -0.15) is 0 Å². The van der Waals surface area contributed by atoms with Gasteiger partial charge in [-0.3, -0.25) is 14.2 Å². The fraction of sp³-hybridized carbons (Fsp3) is 0.189. The molecule has 2 aromatic heterocycles. The van der Waals surface area contributed by atoms with Gasteiger partial charge in [0.25, 0.3) is 11.5 Å². The lowest BCUT2D eigenvalue weighted by atomic mass is 9.95. The Morgan fingerprint density at radius 3 is 2.51 bits per heavy atom. The number of hydrogen-bond donors (Lipinski definition) is 1. The summed E-state index contributed by atoms with van der Waals surface area (Å²) in [5.74, 6) is 0.937. The molecule has 238 valence electrons. The summed E-state index contributed by atoms with van der Waals surface area (Å²) in [4.78, 5) is 45.4. The Morgan fingerprint density at radius 1 is 1.00 bits per heavy atom. The smallest absolute Gasteiger partial charge is 0.338 e.